The molecule has 0 spiro atoms. The van der Waals surface area contributed by atoms with Crippen molar-refractivity contribution >= 4 is 23.0 Å². The summed E-state index contributed by atoms with van der Waals surface area (Å²) in [5.74, 6) is -0.971. The van der Waals surface area contributed by atoms with Crippen LogP contribution in [-0.2, 0) is 27.5 Å². The molecule has 0 unspecified atom stereocenters. The van der Waals surface area contributed by atoms with Crippen LogP contribution in [0.25, 0.3) is 11.0 Å². The topological polar surface area (TPSA) is 115 Å². The van der Waals surface area contributed by atoms with Crippen LogP contribution in [0.3, 0.4) is 0 Å². The first-order valence-electron chi connectivity index (χ1n) is 9.73. The number of carbonyl (C=O) groups is 2. The number of nitrogens with one attached hydrogen (secondary N) is 1. The molecule has 3 rings (SSSR count). The van der Waals surface area contributed by atoms with Crippen molar-refractivity contribution in [1.82, 2.24) is 5.32 Å². The Labute approximate surface area is 178 Å². The second-order valence-electron chi connectivity index (χ2n) is 7.31. The summed E-state index contributed by atoms with van der Waals surface area (Å²) in [5, 5.41) is 12.6. The molecular formula is C23H23NO7. The predicted molar refractivity (Wildman–Crippen MR) is 112 cm³/mol. The Morgan fingerprint density at radius 3 is 2.48 bits per heavy atom. The number of hydrogen-bond acceptors (Lipinski definition) is 7. The number of rotatable bonds is 7. The van der Waals surface area contributed by atoms with Gasteiger partial charge in [-0.1, -0.05) is 44.2 Å². The van der Waals surface area contributed by atoms with Gasteiger partial charge < -0.3 is 24.3 Å². The molecule has 1 atom stereocenters. The van der Waals surface area contributed by atoms with Gasteiger partial charge in [0, 0.05) is 23.1 Å². The minimum absolute atomic E-state index is 0.0529. The van der Waals surface area contributed by atoms with E-state index in [1.807, 2.05) is 30.3 Å². The molecule has 0 aliphatic carbocycles. The molecule has 162 valence electrons. The highest BCUT2D eigenvalue weighted by Gasteiger charge is 2.26. The number of ether oxygens (including phenoxy) is 2. The van der Waals surface area contributed by atoms with Crippen molar-refractivity contribution in [3.63, 3.8) is 0 Å². The third-order valence-corrected chi connectivity index (χ3v) is 4.59. The first-order valence-corrected chi connectivity index (χ1v) is 9.73. The van der Waals surface area contributed by atoms with Crippen molar-refractivity contribution in [3.8, 4) is 5.75 Å². The average Bonchev–Trinajstić information content (AvgIpc) is 2.74. The van der Waals surface area contributed by atoms with Crippen LogP contribution in [0.1, 0.15) is 25.0 Å². The molecule has 1 amide bonds. The molecule has 2 aromatic carbocycles. The molecule has 0 saturated heterocycles. The highest BCUT2D eigenvalue weighted by atomic mass is 16.6. The van der Waals surface area contributed by atoms with Gasteiger partial charge >= 0.3 is 17.7 Å². The fraction of sp³-hybridized carbons (Fsp3) is 0.261. The Morgan fingerprint density at radius 1 is 1.03 bits per heavy atom. The average molecular weight is 425 g/mol. The van der Waals surface area contributed by atoms with E-state index in [0.29, 0.717) is 10.9 Å². The van der Waals surface area contributed by atoms with E-state index in [2.05, 4.69) is 5.32 Å². The molecule has 0 aliphatic rings. The predicted octanol–water partition coefficient (Wildman–Crippen LogP) is 3.49. The summed E-state index contributed by atoms with van der Waals surface area (Å²) in [6.45, 7) is 3.40. The number of esters is 1. The molecule has 2 N–H and O–H groups in total. The lowest BCUT2D eigenvalue weighted by molar-refractivity contribution is -0.148. The van der Waals surface area contributed by atoms with Gasteiger partial charge in [0.1, 0.15) is 30.6 Å². The van der Waals surface area contributed by atoms with Gasteiger partial charge in [-0.2, -0.15) is 0 Å². The lowest BCUT2D eigenvalue weighted by Gasteiger charge is -2.20. The minimum Gasteiger partial charge on any atom is -0.508 e. The van der Waals surface area contributed by atoms with E-state index in [0.717, 1.165) is 5.56 Å². The van der Waals surface area contributed by atoms with Crippen LogP contribution in [0, 0.1) is 5.92 Å². The van der Waals surface area contributed by atoms with E-state index in [4.69, 9.17) is 13.9 Å². The molecule has 0 bridgehead atoms. The van der Waals surface area contributed by atoms with E-state index >= 15 is 0 Å². The van der Waals surface area contributed by atoms with Gasteiger partial charge in [0.25, 0.3) is 0 Å². The fourth-order valence-corrected chi connectivity index (χ4v) is 2.97. The number of benzene rings is 2. The van der Waals surface area contributed by atoms with Crippen molar-refractivity contribution in [3.05, 3.63) is 76.1 Å². The van der Waals surface area contributed by atoms with Crippen molar-refractivity contribution in [2.24, 2.45) is 5.92 Å². The van der Waals surface area contributed by atoms with Crippen LogP contribution in [0.4, 0.5) is 4.79 Å². The summed E-state index contributed by atoms with van der Waals surface area (Å²) >= 11 is 0. The molecule has 0 radical (unpaired) electrons. The first-order chi connectivity index (χ1) is 14.8. The van der Waals surface area contributed by atoms with E-state index in [-0.39, 0.29) is 30.5 Å². The van der Waals surface area contributed by atoms with E-state index in [9.17, 15) is 19.5 Å². The Hall–Kier alpha value is -3.81. The number of aromatic hydroxyl groups is 1. The number of hydrogen-bond donors (Lipinski definition) is 2. The number of fused-ring (bicyclic) bond motifs is 1. The molecule has 0 fully saturated rings. The Balaban J connectivity index is 1.64. The van der Waals surface area contributed by atoms with Crippen molar-refractivity contribution in [2.75, 3.05) is 0 Å². The van der Waals surface area contributed by atoms with Gasteiger partial charge in [0.2, 0.25) is 0 Å². The molecule has 3 aromatic rings. The number of phenols is 1. The normalized spacial score (nSPS) is 11.8. The summed E-state index contributed by atoms with van der Waals surface area (Å²) in [6.07, 6.45) is -0.735. The van der Waals surface area contributed by atoms with Crippen LogP contribution in [-0.4, -0.2) is 23.2 Å². The van der Waals surface area contributed by atoms with Crippen LogP contribution < -0.4 is 10.9 Å². The molecule has 8 heteroatoms. The van der Waals surface area contributed by atoms with Gasteiger partial charge in [-0.05, 0) is 23.6 Å². The molecule has 0 saturated carbocycles. The molecule has 0 aliphatic heterocycles. The van der Waals surface area contributed by atoms with Gasteiger partial charge in [-0.25, -0.2) is 14.4 Å². The molecule has 31 heavy (non-hydrogen) atoms. The summed E-state index contributed by atoms with van der Waals surface area (Å²) < 4.78 is 15.6. The van der Waals surface area contributed by atoms with Crippen LogP contribution >= 0.6 is 0 Å². The van der Waals surface area contributed by atoms with E-state index in [1.165, 1.54) is 18.2 Å². The number of carbonyl (C=O) groups excluding carboxylic acids is 2. The van der Waals surface area contributed by atoms with Crippen LogP contribution in [0.15, 0.2) is 63.8 Å². The summed E-state index contributed by atoms with van der Waals surface area (Å²) in [5.41, 5.74) is 0.796. The lowest BCUT2D eigenvalue weighted by atomic mass is 10.1. The number of amides is 1. The number of phenolic OH excluding ortho intramolecular Hbond substituents is 1. The third kappa shape index (κ3) is 5.85. The summed E-state index contributed by atoms with van der Waals surface area (Å²) in [4.78, 5) is 36.5. The Kier molecular flexibility index (Phi) is 6.92. The lowest BCUT2D eigenvalue weighted by Crippen LogP contribution is -2.45. The maximum atomic E-state index is 12.6. The van der Waals surface area contributed by atoms with Gasteiger partial charge in [0.05, 0.1) is 0 Å². The zero-order valence-electron chi connectivity index (χ0n) is 17.2. The second kappa shape index (κ2) is 9.80. The standard InChI is InChI=1S/C23H23NO7/c1-14(2)21(24-23(28)30-12-15-6-4-3-5-7-15)22(27)29-13-16-10-20(26)31-19-11-17(25)8-9-18(16)19/h3-11,14,21,25H,12-13H2,1-2H3,(H,24,28)/t21-/m1/s1. The third-order valence-electron chi connectivity index (χ3n) is 4.59. The number of alkyl carbamates (subject to hydrolysis) is 1. The Morgan fingerprint density at radius 2 is 1.77 bits per heavy atom. The molecule has 1 heterocycles. The molecule has 8 nitrogen and oxygen atoms in total. The molecule has 1 aromatic heterocycles. The minimum atomic E-state index is -0.932. The first kappa shape index (κ1) is 21.9. The van der Waals surface area contributed by atoms with Gasteiger partial charge in [0.15, 0.2) is 0 Å². The monoisotopic (exact) mass is 425 g/mol. The highest BCUT2D eigenvalue weighted by Crippen LogP contribution is 2.22. The zero-order valence-corrected chi connectivity index (χ0v) is 17.2. The second-order valence-corrected chi connectivity index (χ2v) is 7.31. The largest absolute Gasteiger partial charge is 0.508 e. The Bertz CT molecular complexity index is 1120. The van der Waals surface area contributed by atoms with E-state index < -0.39 is 23.7 Å². The fourth-order valence-electron chi connectivity index (χ4n) is 2.97. The molecular weight excluding hydrogens is 402 g/mol. The van der Waals surface area contributed by atoms with Gasteiger partial charge in [-0.3, -0.25) is 0 Å². The van der Waals surface area contributed by atoms with Crippen LogP contribution in [0.2, 0.25) is 0 Å². The maximum Gasteiger partial charge on any atom is 0.408 e. The quantitative estimate of drug-likeness (QED) is 0.440. The SMILES string of the molecule is CC(C)[C@@H](NC(=O)OCc1ccccc1)C(=O)OCc1cc(=O)oc2cc(O)ccc12. The van der Waals surface area contributed by atoms with Crippen molar-refractivity contribution in [1.29, 1.82) is 0 Å². The van der Waals surface area contributed by atoms with Crippen molar-refractivity contribution in [2.45, 2.75) is 33.1 Å². The van der Waals surface area contributed by atoms with Crippen molar-refractivity contribution < 1.29 is 28.6 Å². The summed E-state index contributed by atoms with van der Waals surface area (Å²) in [6, 6.07) is 13.8. The van der Waals surface area contributed by atoms with Crippen LogP contribution in [0.5, 0.6) is 5.75 Å². The highest BCUT2D eigenvalue weighted by molar-refractivity contribution is 5.83. The van der Waals surface area contributed by atoms with Gasteiger partial charge in [-0.15, -0.1) is 0 Å². The van der Waals surface area contributed by atoms with E-state index in [1.54, 1.807) is 19.9 Å². The maximum absolute atomic E-state index is 12.6. The zero-order chi connectivity index (χ0) is 22.4. The summed E-state index contributed by atoms with van der Waals surface area (Å²) in [7, 11) is 0. The smallest absolute Gasteiger partial charge is 0.408 e.